The number of carbonyl (C=O) groups is 2. The summed E-state index contributed by atoms with van der Waals surface area (Å²) in [7, 11) is 1.45. The molecule has 0 heterocycles. The molecule has 0 aliphatic carbocycles. The molecule has 5 nitrogen and oxygen atoms in total. The zero-order valence-electron chi connectivity index (χ0n) is 13.2. The van der Waals surface area contributed by atoms with Crippen molar-refractivity contribution in [3.8, 4) is 5.75 Å². The number of hydrogen-bond donors (Lipinski definition) is 1. The molecule has 1 N–H and O–H groups in total. The minimum atomic E-state index is -1.04. The van der Waals surface area contributed by atoms with Crippen molar-refractivity contribution in [3.05, 3.63) is 29.8 Å². The van der Waals surface area contributed by atoms with Gasteiger partial charge >= 0.3 is 5.97 Å². The highest BCUT2D eigenvalue weighted by Crippen LogP contribution is 2.24. The average molecular weight is 293 g/mol. The molecule has 0 saturated carbocycles. The van der Waals surface area contributed by atoms with Crippen LogP contribution in [0.2, 0.25) is 0 Å². The second-order valence-electron chi connectivity index (χ2n) is 6.08. The molecule has 0 aromatic heterocycles. The van der Waals surface area contributed by atoms with Crippen molar-refractivity contribution in [2.24, 2.45) is 0 Å². The molecule has 1 aromatic rings. The Labute approximate surface area is 125 Å². The molecule has 1 rings (SSSR count). The Morgan fingerprint density at radius 3 is 2.19 bits per heavy atom. The number of hydrogen-bond acceptors (Lipinski definition) is 3. The van der Waals surface area contributed by atoms with E-state index in [4.69, 9.17) is 9.84 Å². The van der Waals surface area contributed by atoms with E-state index in [1.807, 2.05) is 24.3 Å². The quantitative estimate of drug-likeness (QED) is 0.904. The van der Waals surface area contributed by atoms with E-state index in [9.17, 15) is 9.59 Å². The summed E-state index contributed by atoms with van der Waals surface area (Å²) in [6.07, 6.45) is 0. The van der Waals surface area contributed by atoms with E-state index in [1.165, 1.54) is 19.5 Å². The fraction of sp³-hybridized carbons (Fsp3) is 0.500. The van der Waals surface area contributed by atoms with E-state index in [0.717, 1.165) is 4.90 Å². The Morgan fingerprint density at radius 1 is 1.24 bits per heavy atom. The Morgan fingerprint density at radius 2 is 1.76 bits per heavy atom. The molecule has 1 aromatic carbocycles. The number of rotatable bonds is 5. The van der Waals surface area contributed by atoms with E-state index in [0.29, 0.717) is 5.75 Å². The van der Waals surface area contributed by atoms with Gasteiger partial charge in [-0.2, -0.15) is 0 Å². The highest BCUT2D eigenvalue weighted by atomic mass is 16.5. The summed E-state index contributed by atoms with van der Waals surface area (Å²) >= 11 is 0. The number of amides is 1. The Bertz CT molecular complexity index is 502. The molecule has 21 heavy (non-hydrogen) atoms. The predicted molar refractivity (Wildman–Crippen MR) is 80.5 cm³/mol. The lowest BCUT2D eigenvalue weighted by molar-refractivity contribution is -0.148. The molecule has 0 saturated heterocycles. The SMILES string of the molecule is CC(C(=O)O)N(C)C(=O)COc1ccc(C(C)(C)C)cc1. The van der Waals surface area contributed by atoms with Crippen LogP contribution in [0.15, 0.2) is 24.3 Å². The van der Waals surface area contributed by atoms with Crippen molar-refractivity contribution in [2.75, 3.05) is 13.7 Å². The zero-order valence-corrected chi connectivity index (χ0v) is 13.2. The second-order valence-corrected chi connectivity index (χ2v) is 6.08. The molecule has 0 spiro atoms. The van der Waals surface area contributed by atoms with Crippen LogP contribution in [0.25, 0.3) is 0 Å². The fourth-order valence-electron chi connectivity index (χ4n) is 1.68. The van der Waals surface area contributed by atoms with Gasteiger partial charge in [-0.05, 0) is 30.0 Å². The normalized spacial score (nSPS) is 12.6. The van der Waals surface area contributed by atoms with Gasteiger partial charge in [-0.1, -0.05) is 32.9 Å². The maximum absolute atomic E-state index is 11.8. The number of nitrogens with zero attached hydrogens (tertiary/aromatic N) is 1. The summed E-state index contributed by atoms with van der Waals surface area (Å²) in [5.41, 5.74) is 1.24. The van der Waals surface area contributed by atoms with Gasteiger partial charge in [-0.15, -0.1) is 0 Å². The van der Waals surface area contributed by atoms with Gasteiger partial charge in [0.25, 0.3) is 5.91 Å². The average Bonchev–Trinajstić information content (AvgIpc) is 2.42. The molecule has 1 amide bonds. The molecule has 1 atom stereocenters. The van der Waals surface area contributed by atoms with Gasteiger partial charge in [-0.25, -0.2) is 4.79 Å². The molecular weight excluding hydrogens is 270 g/mol. The van der Waals surface area contributed by atoms with Gasteiger partial charge in [0.05, 0.1) is 0 Å². The molecule has 0 fully saturated rings. The molecule has 0 aliphatic rings. The van der Waals surface area contributed by atoms with Gasteiger partial charge in [-0.3, -0.25) is 4.79 Å². The molecule has 0 aliphatic heterocycles. The summed E-state index contributed by atoms with van der Waals surface area (Å²) in [6.45, 7) is 7.64. The lowest BCUT2D eigenvalue weighted by atomic mass is 9.87. The third kappa shape index (κ3) is 4.77. The monoisotopic (exact) mass is 293 g/mol. The van der Waals surface area contributed by atoms with Gasteiger partial charge < -0.3 is 14.7 Å². The van der Waals surface area contributed by atoms with Crippen LogP contribution in [0, 0.1) is 0 Å². The Balaban J connectivity index is 2.59. The number of ether oxygens (including phenoxy) is 1. The molecule has 0 bridgehead atoms. The molecule has 5 heteroatoms. The highest BCUT2D eigenvalue weighted by molar-refractivity contribution is 5.84. The number of aliphatic carboxylic acids is 1. The van der Waals surface area contributed by atoms with E-state index in [-0.39, 0.29) is 17.9 Å². The van der Waals surface area contributed by atoms with Crippen molar-refractivity contribution in [2.45, 2.75) is 39.2 Å². The van der Waals surface area contributed by atoms with Gasteiger partial charge in [0.2, 0.25) is 0 Å². The standard InChI is InChI=1S/C16H23NO4/c1-11(15(19)20)17(5)14(18)10-21-13-8-6-12(7-9-13)16(2,3)4/h6-9,11H,10H2,1-5H3,(H,19,20). The minimum absolute atomic E-state index is 0.0610. The van der Waals surface area contributed by atoms with Crippen molar-refractivity contribution in [1.29, 1.82) is 0 Å². The van der Waals surface area contributed by atoms with Crippen molar-refractivity contribution >= 4 is 11.9 Å². The number of carbonyl (C=O) groups excluding carboxylic acids is 1. The first-order valence-electron chi connectivity index (χ1n) is 6.84. The van der Waals surface area contributed by atoms with Gasteiger partial charge in [0.1, 0.15) is 11.8 Å². The minimum Gasteiger partial charge on any atom is -0.484 e. The summed E-state index contributed by atoms with van der Waals surface area (Å²) in [6, 6.07) is 6.68. The van der Waals surface area contributed by atoms with Crippen molar-refractivity contribution < 1.29 is 19.4 Å². The molecule has 1 unspecified atom stereocenters. The second kappa shape index (κ2) is 6.61. The molecular formula is C16H23NO4. The maximum Gasteiger partial charge on any atom is 0.326 e. The summed E-state index contributed by atoms with van der Waals surface area (Å²) in [4.78, 5) is 23.8. The van der Waals surface area contributed by atoms with Gasteiger partial charge in [0.15, 0.2) is 6.61 Å². The summed E-state index contributed by atoms with van der Waals surface area (Å²) < 4.78 is 5.40. The highest BCUT2D eigenvalue weighted by Gasteiger charge is 2.21. The first kappa shape index (κ1) is 17.0. The number of likely N-dealkylation sites (N-methyl/N-ethyl adjacent to an activating group) is 1. The number of benzene rings is 1. The Hall–Kier alpha value is -2.04. The lowest BCUT2D eigenvalue weighted by Crippen LogP contribution is -2.42. The Kier molecular flexibility index (Phi) is 5.35. The van der Waals surface area contributed by atoms with Crippen LogP contribution >= 0.6 is 0 Å². The lowest BCUT2D eigenvalue weighted by Gasteiger charge is -2.22. The topological polar surface area (TPSA) is 66.8 Å². The third-order valence-electron chi connectivity index (χ3n) is 3.41. The van der Waals surface area contributed by atoms with E-state index < -0.39 is 12.0 Å². The van der Waals surface area contributed by atoms with E-state index in [1.54, 1.807) is 0 Å². The fourth-order valence-corrected chi connectivity index (χ4v) is 1.68. The maximum atomic E-state index is 11.8. The van der Waals surface area contributed by atoms with Crippen LogP contribution in [-0.4, -0.2) is 41.6 Å². The van der Waals surface area contributed by atoms with E-state index in [2.05, 4.69) is 20.8 Å². The molecule has 116 valence electrons. The van der Waals surface area contributed by atoms with Crippen LogP contribution in [0.3, 0.4) is 0 Å². The first-order chi connectivity index (χ1) is 9.62. The van der Waals surface area contributed by atoms with Crippen LogP contribution < -0.4 is 4.74 Å². The van der Waals surface area contributed by atoms with Crippen molar-refractivity contribution in [1.82, 2.24) is 4.90 Å². The van der Waals surface area contributed by atoms with Crippen LogP contribution in [-0.2, 0) is 15.0 Å². The first-order valence-corrected chi connectivity index (χ1v) is 6.84. The van der Waals surface area contributed by atoms with E-state index >= 15 is 0 Å². The summed E-state index contributed by atoms with van der Waals surface area (Å²) in [5.74, 6) is -0.821. The molecule has 0 radical (unpaired) electrons. The summed E-state index contributed by atoms with van der Waals surface area (Å²) in [5, 5.41) is 8.86. The van der Waals surface area contributed by atoms with Crippen molar-refractivity contribution in [3.63, 3.8) is 0 Å². The van der Waals surface area contributed by atoms with Gasteiger partial charge in [0, 0.05) is 7.05 Å². The van der Waals surface area contributed by atoms with Crippen LogP contribution in [0.1, 0.15) is 33.3 Å². The number of carboxylic acid groups (broad SMARTS) is 1. The smallest absolute Gasteiger partial charge is 0.326 e. The van der Waals surface area contributed by atoms with Crippen LogP contribution in [0.5, 0.6) is 5.75 Å². The third-order valence-corrected chi connectivity index (χ3v) is 3.41. The predicted octanol–water partition coefficient (Wildman–Crippen LogP) is 2.29. The van der Waals surface area contributed by atoms with Crippen LogP contribution in [0.4, 0.5) is 0 Å². The largest absolute Gasteiger partial charge is 0.484 e. The zero-order chi connectivity index (χ0) is 16.2. The number of carboxylic acids is 1.